The van der Waals surface area contributed by atoms with Crippen LogP contribution in [0.2, 0.25) is 0 Å². The first-order valence-electron chi connectivity index (χ1n) is 11.6. The van der Waals surface area contributed by atoms with Crippen LogP contribution >= 0.6 is 24.0 Å². The van der Waals surface area contributed by atoms with E-state index in [0.29, 0.717) is 0 Å². The van der Waals surface area contributed by atoms with Crippen molar-refractivity contribution >= 4 is 29.9 Å². The number of halogens is 1. The van der Waals surface area contributed by atoms with Gasteiger partial charge in [-0.1, -0.05) is 6.07 Å². The maximum atomic E-state index is 5.44. The molecule has 9 heteroatoms. The minimum atomic E-state index is 0. The Balaban J connectivity index is 0.00000385. The highest BCUT2D eigenvalue weighted by Crippen LogP contribution is 2.28. The molecule has 3 rings (SSSR count). The zero-order chi connectivity index (χ0) is 22.8. The van der Waals surface area contributed by atoms with Crippen molar-refractivity contribution < 1.29 is 9.47 Å². The highest BCUT2D eigenvalue weighted by Gasteiger charge is 2.20. The summed E-state index contributed by atoms with van der Waals surface area (Å²) in [4.78, 5) is 14.0. The summed E-state index contributed by atoms with van der Waals surface area (Å²) in [5.74, 6) is 3.67. The molecule has 2 aromatic rings. The molecule has 0 radical (unpaired) electrons. The predicted molar refractivity (Wildman–Crippen MR) is 144 cm³/mol. The fourth-order valence-corrected chi connectivity index (χ4v) is 4.00. The lowest BCUT2D eigenvalue weighted by molar-refractivity contribution is 0.172. The van der Waals surface area contributed by atoms with Gasteiger partial charge in [0.25, 0.3) is 0 Å². The summed E-state index contributed by atoms with van der Waals surface area (Å²) in [6, 6.07) is 6.17. The topological polar surface area (TPSA) is 67.2 Å². The number of imidazole rings is 1. The lowest BCUT2D eigenvalue weighted by Crippen LogP contribution is -2.52. The van der Waals surface area contributed by atoms with E-state index in [-0.39, 0.29) is 24.0 Å². The van der Waals surface area contributed by atoms with Crippen molar-refractivity contribution in [3.05, 3.63) is 42.0 Å². The molecular weight excluding hydrogens is 531 g/mol. The minimum Gasteiger partial charge on any atom is -0.493 e. The van der Waals surface area contributed by atoms with Gasteiger partial charge in [0.15, 0.2) is 17.5 Å². The highest BCUT2D eigenvalue weighted by molar-refractivity contribution is 14.0. The molecule has 1 N–H and O–H groups in total. The van der Waals surface area contributed by atoms with Crippen molar-refractivity contribution in [2.24, 2.45) is 4.99 Å². The van der Waals surface area contributed by atoms with Crippen LogP contribution in [0.15, 0.2) is 35.6 Å². The number of piperazine rings is 1. The predicted octanol–water partition coefficient (Wildman–Crippen LogP) is 3.39. The molecule has 0 spiro atoms. The van der Waals surface area contributed by atoms with Gasteiger partial charge in [0.1, 0.15) is 5.82 Å². The van der Waals surface area contributed by atoms with Crippen molar-refractivity contribution in [3.63, 3.8) is 0 Å². The Bertz CT molecular complexity index is 864. The summed E-state index contributed by atoms with van der Waals surface area (Å²) >= 11 is 0. The van der Waals surface area contributed by atoms with E-state index in [1.54, 1.807) is 14.2 Å². The summed E-state index contributed by atoms with van der Waals surface area (Å²) in [6.45, 7) is 11.8. The Labute approximate surface area is 215 Å². The first-order valence-corrected chi connectivity index (χ1v) is 11.6. The summed E-state index contributed by atoms with van der Waals surface area (Å²) < 4.78 is 13.0. The largest absolute Gasteiger partial charge is 0.493 e. The normalized spacial score (nSPS) is 14.7. The Morgan fingerprint density at radius 1 is 1.09 bits per heavy atom. The molecule has 0 atom stereocenters. The Morgan fingerprint density at radius 2 is 1.85 bits per heavy atom. The molecule has 8 nitrogen and oxygen atoms in total. The summed E-state index contributed by atoms with van der Waals surface area (Å²) in [7, 11) is 3.35. The zero-order valence-electron chi connectivity index (χ0n) is 20.4. The van der Waals surface area contributed by atoms with Crippen LogP contribution in [-0.4, -0.2) is 78.8 Å². The van der Waals surface area contributed by atoms with Gasteiger partial charge in [0.2, 0.25) is 0 Å². The van der Waals surface area contributed by atoms with Gasteiger partial charge in [0.05, 0.1) is 14.2 Å². The zero-order valence-corrected chi connectivity index (χ0v) is 22.7. The molecule has 33 heavy (non-hydrogen) atoms. The van der Waals surface area contributed by atoms with E-state index in [4.69, 9.17) is 14.5 Å². The van der Waals surface area contributed by atoms with Gasteiger partial charge >= 0.3 is 0 Å². The summed E-state index contributed by atoms with van der Waals surface area (Å²) in [5, 5.41) is 3.47. The molecule has 1 saturated heterocycles. The van der Waals surface area contributed by atoms with Crippen molar-refractivity contribution in [3.8, 4) is 11.5 Å². The molecule has 2 heterocycles. The molecule has 1 aromatic carbocycles. The lowest BCUT2D eigenvalue weighted by atomic mass is 10.1. The number of methoxy groups -OCH3 is 2. The van der Waals surface area contributed by atoms with Crippen LogP contribution in [-0.2, 0) is 13.1 Å². The molecule has 0 aliphatic carbocycles. The molecule has 1 aliphatic rings. The van der Waals surface area contributed by atoms with Gasteiger partial charge in [-0.05, 0) is 44.4 Å². The van der Waals surface area contributed by atoms with Gasteiger partial charge in [0, 0.05) is 64.8 Å². The number of unbranched alkanes of at least 4 members (excludes halogenated alkanes) is 1. The monoisotopic (exact) mass is 570 g/mol. The molecule has 1 fully saturated rings. The van der Waals surface area contributed by atoms with E-state index in [2.05, 4.69) is 43.7 Å². The van der Waals surface area contributed by atoms with Crippen LogP contribution in [0.5, 0.6) is 11.5 Å². The minimum absolute atomic E-state index is 0. The molecule has 0 saturated carbocycles. The average molecular weight is 571 g/mol. The van der Waals surface area contributed by atoms with E-state index >= 15 is 0 Å². The molecule has 184 valence electrons. The van der Waals surface area contributed by atoms with Crippen LogP contribution in [0, 0.1) is 6.92 Å². The quantitative estimate of drug-likeness (QED) is 0.205. The lowest BCUT2D eigenvalue weighted by Gasteiger charge is -2.36. The fourth-order valence-electron chi connectivity index (χ4n) is 4.00. The SMILES string of the molecule is CCNC(=NCCCCn1ccnc1C)N1CCN(Cc2ccc(OC)c(OC)c2)CC1.I. The van der Waals surface area contributed by atoms with Crippen molar-refractivity contribution in [2.45, 2.75) is 39.8 Å². The Hall–Kier alpha value is -2.01. The second-order valence-corrected chi connectivity index (χ2v) is 8.06. The number of ether oxygens (including phenoxy) is 2. The van der Waals surface area contributed by atoms with E-state index in [1.165, 1.54) is 5.56 Å². The third-order valence-corrected chi connectivity index (χ3v) is 5.85. The molecule has 0 unspecified atom stereocenters. The van der Waals surface area contributed by atoms with E-state index in [1.807, 2.05) is 25.4 Å². The van der Waals surface area contributed by atoms with Crippen molar-refractivity contribution in [1.29, 1.82) is 0 Å². The number of benzene rings is 1. The number of nitrogens with zero attached hydrogens (tertiary/aromatic N) is 5. The molecular formula is C24H39IN6O2. The van der Waals surface area contributed by atoms with Crippen LogP contribution in [0.3, 0.4) is 0 Å². The fraction of sp³-hybridized carbons (Fsp3) is 0.583. The maximum Gasteiger partial charge on any atom is 0.194 e. The number of hydrogen-bond acceptors (Lipinski definition) is 5. The van der Waals surface area contributed by atoms with Gasteiger partial charge in [-0.3, -0.25) is 9.89 Å². The van der Waals surface area contributed by atoms with Gasteiger partial charge < -0.3 is 24.3 Å². The summed E-state index contributed by atoms with van der Waals surface area (Å²) in [6.07, 6.45) is 6.09. The van der Waals surface area contributed by atoms with Crippen LogP contribution < -0.4 is 14.8 Å². The van der Waals surface area contributed by atoms with Gasteiger partial charge in [-0.15, -0.1) is 24.0 Å². The maximum absolute atomic E-state index is 5.44. The molecule has 0 bridgehead atoms. The van der Waals surface area contributed by atoms with E-state index in [9.17, 15) is 0 Å². The number of aliphatic imine (C=N–C) groups is 1. The third-order valence-electron chi connectivity index (χ3n) is 5.85. The number of guanidine groups is 1. The number of rotatable bonds is 10. The first-order chi connectivity index (χ1) is 15.6. The van der Waals surface area contributed by atoms with Crippen molar-refractivity contribution in [1.82, 2.24) is 24.7 Å². The van der Waals surface area contributed by atoms with Crippen LogP contribution in [0.25, 0.3) is 0 Å². The van der Waals surface area contributed by atoms with Gasteiger partial charge in [-0.25, -0.2) is 4.98 Å². The number of hydrogen-bond donors (Lipinski definition) is 1. The average Bonchev–Trinajstić information content (AvgIpc) is 3.23. The van der Waals surface area contributed by atoms with E-state index in [0.717, 1.165) is 88.5 Å². The number of nitrogens with one attached hydrogen (secondary N) is 1. The second kappa shape index (κ2) is 14.3. The standard InChI is InChI=1S/C24H38N6O2.HI/c1-5-25-24(27-10-6-7-12-29-13-11-26-20(29)2)30-16-14-28(15-17-30)19-21-8-9-22(31-3)23(18-21)32-4;/h8-9,11,13,18H,5-7,10,12,14-17,19H2,1-4H3,(H,25,27);1H. The van der Waals surface area contributed by atoms with Crippen LogP contribution in [0.4, 0.5) is 0 Å². The van der Waals surface area contributed by atoms with E-state index < -0.39 is 0 Å². The smallest absolute Gasteiger partial charge is 0.194 e. The van der Waals surface area contributed by atoms with Crippen LogP contribution in [0.1, 0.15) is 31.2 Å². The van der Waals surface area contributed by atoms with Crippen molar-refractivity contribution in [2.75, 3.05) is 53.5 Å². The van der Waals surface area contributed by atoms with Gasteiger partial charge in [-0.2, -0.15) is 0 Å². The molecule has 0 amide bonds. The Kier molecular flexibility index (Phi) is 11.8. The Morgan fingerprint density at radius 3 is 2.48 bits per heavy atom. The molecule has 1 aromatic heterocycles. The third kappa shape index (κ3) is 8.06. The first kappa shape index (κ1) is 27.2. The highest BCUT2D eigenvalue weighted by atomic mass is 127. The molecule has 1 aliphatic heterocycles. The number of aryl methyl sites for hydroxylation is 2. The second-order valence-electron chi connectivity index (χ2n) is 8.06. The summed E-state index contributed by atoms with van der Waals surface area (Å²) in [5.41, 5.74) is 1.24. The number of aromatic nitrogens is 2.